The van der Waals surface area contributed by atoms with Gasteiger partial charge in [-0.25, -0.2) is 9.78 Å². The Morgan fingerprint density at radius 1 is 1.53 bits per heavy atom. The number of carboxylic acid groups (broad SMARTS) is 1. The van der Waals surface area contributed by atoms with Crippen LogP contribution in [0.25, 0.3) is 0 Å². The lowest BCUT2D eigenvalue weighted by Crippen LogP contribution is -2.30. The molecular weight excluding hydrogens is 254 g/mol. The van der Waals surface area contributed by atoms with E-state index in [1.807, 2.05) is 6.92 Å². The first-order valence-electron chi connectivity index (χ1n) is 5.74. The van der Waals surface area contributed by atoms with Gasteiger partial charge < -0.3 is 15.1 Å². The van der Waals surface area contributed by atoms with Gasteiger partial charge in [0.2, 0.25) is 0 Å². The first kappa shape index (κ1) is 14.8. The number of aromatic nitrogens is 1. The van der Waals surface area contributed by atoms with Crippen LogP contribution < -0.4 is 4.90 Å². The molecule has 0 saturated heterocycles. The molecule has 0 atom stereocenters. The zero-order chi connectivity index (χ0) is 14.4. The van der Waals surface area contributed by atoms with E-state index >= 15 is 0 Å². The number of carbonyl (C=O) groups is 1. The number of rotatable bonds is 7. The fourth-order valence-corrected chi connectivity index (χ4v) is 1.67. The smallest absolute Gasteiger partial charge is 0.339 e. The van der Waals surface area contributed by atoms with Crippen LogP contribution in [0.2, 0.25) is 0 Å². The molecule has 2 N–H and O–H groups in total. The molecule has 1 aromatic rings. The summed E-state index contributed by atoms with van der Waals surface area (Å²) in [4.78, 5) is 26.5. The second-order valence-electron chi connectivity index (χ2n) is 3.84. The average Bonchev–Trinajstić information content (AvgIpc) is 2.37. The van der Waals surface area contributed by atoms with E-state index in [9.17, 15) is 14.9 Å². The lowest BCUT2D eigenvalue weighted by molar-refractivity contribution is -0.385. The fraction of sp³-hybridized carbons (Fsp3) is 0.455. The summed E-state index contributed by atoms with van der Waals surface area (Å²) in [5.74, 6) is -1.15. The van der Waals surface area contributed by atoms with Gasteiger partial charge in [-0.2, -0.15) is 0 Å². The molecule has 0 aliphatic rings. The maximum atomic E-state index is 11.2. The quantitative estimate of drug-likeness (QED) is 0.557. The van der Waals surface area contributed by atoms with Crippen LogP contribution in [0.3, 0.4) is 0 Å². The van der Waals surface area contributed by atoms with Gasteiger partial charge in [-0.1, -0.05) is 6.92 Å². The minimum absolute atomic E-state index is 0.133. The van der Waals surface area contributed by atoms with Gasteiger partial charge in [0.05, 0.1) is 11.5 Å². The summed E-state index contributed by atoms with van der Waals surface area (Å²) in [6.45, 7) is 2.47. The van der Waals surface area contributed by atoms with E-state index in [-0.39, 0.29) is 30.2 Å². The van der Waals surface area contributed by atoms with Crippen molar-refractivity contribution in [2.24, 2.45) is 0 Å². The molecule has 0 radical (unpaired) electrons. The summed E-state index contributed by atoms with van der Waals surface area (Å²) in [6.07, 6.45) is 1.75. The molecule has 1 rings (SSSR count). The highest BCUT2D eigenvalue weighted by Crippen LogP contribution is 2.22. The molecule has 8 nitrogen and oxygen atoms in total. The Kier molecular flexibility index (Phi) is 5.19. The highest BCUT2D eigenvalue weighted by molar-refractivity contribution is 5.94. The number of nitro groups is 1. The van der Waals surface area contributed by atoms with Gasteiger partial charge in [0.25, 0.3) is 5.69 Å². The van der Waals surface area contributed by atoms with Crippen LogP contribution >= 0.6 is 0 Å². The SMILES string of the molecule is CCCN(CCO)c1ncc([N+](=O)[O-])cc1C(=O)O. The Hall–Kier alpha value is -2.22. The number of aliphatic hydroxyl groups excluding tert-OH is 1. The Bertz CT molecular complexity index is 471. The van der Waals surface area contributed by atoms with Crippen molar-refractivity contribution >= 4 is 17.5 Å². The van der Waals surface area contributed by atoms with E-state index in [1.165, 1.54) is 0 Å². The molecule has 19 heavy (non-hydrogen) atoms. The molecule has 104 valence electrons. The Balaban J connectivity index is 3.24. The van der Waals surface area contributed by atoms with E-state index in [0.717, 1.165) is 18.7 Å². The summed E-state index contributed by atoms with van der Waals surface area (Å²) >= 11 is 0. The summed E-state index contributed by atoms with van der Waals surface area (Å²) in [6, 6.07) is 0.977. The van der Waals surface area contributed by atoms with E-state index in [0.29, 0.717) is 6.54 Å². The Morgan fingerprint density at radius 3 is 2.68 bits per heavy atom. The van der Waals surface area contributed by atoms with Gasteiger partial charge in [-0.15, -0.1) is 0 Å². The molecule has 0 aliphatic carbocycles. The van der Waals surface area contributed by atoms with E-state index in [2.05, 4.69) is 4.98 Å². The minimum Gasteiger partial charge on any atom is -0.478 e. The summed E-state index contributed by atoms with van der Waals surface area (Å²) in [5.41, 5.74) is -0.613. The third-order valence-electron chi connectivity index (χ3n) is 2.46. The van der Waals surface area contributed by atoms with Crippen molar-refractivity contribution in [1.82, 2.24) is 4.98 Å². The van der Waals surface area contributed by atoms with E-state index in [4.69, 9.17) is 10.2 Å². The maximum absolute atomic E-state index is 11.2. The fourth-order valence-electron chi connectivity index (χ4n) is 1.67. The number of nitrogens with zero attached hydrogens (tertiary/aromatic N) is 3. The van der Waals surface area contributed by atoms with Crippen LogP contribution in [-0.4, -0.2) is 45.8 Å². The molecule has 0 amide bonds. The maximum Gasteiger partial charge on any atom is 0.339 e. The van der Waals surface area contributed by atoms with Crippen molar-refractivity contribution in [2.75, 3.05) is 24.6 Å². The molecule has 0 bridgehead atoms. The van der Waals surface area contributed by atoms with Gasteiger partial charge in [-0.05, 0) is 6.42 Å². The van der Waals surface area contributed by atoms with Crippen molar-refractivity contribution < 1.29 is 19.9 Å². The lowest BCUT2D eigenvalue weighted by Gasteiger charge is -2.23. The highest BCUT2D eigenvalue weighted by Gasteiger charge is 2.21. The van der Waals surface area contributed by atoms with E-state index < -0.39 is 10.9 Å². The van der Waals surface area contributed by atoms with Crippen molar-refractivity contribution in [1.29, 1.82) is 0 Å². The normalized spacial score (nSPS) is 10.2. The summed E-state index contributed by atoms with van der Waals surface area (Å²) < 4.78 is 0. The molecule has 0 fully saturated rings. The summed E-state index contributed by atoms with van der Waals surface area (Å²) in [7, 11) is 0. The number of hydrogen-bond acceptors (Lipinski definition) is 6. The molecular formula is C11H15N3O5. The van der Waals surface area contributed by atoms with Gasteiger partial charge in [0.1, 0.15) is 17.6 Å². The van der Waals surface area contributed by atoms with E-state index in [1.54, 1.807) is 4.90 Å². The van der Waals surface area contributed by atoms with Crippen LogP contribution in [0, 0.1) is 10.1 Å². The lowest BCUT2D eigenvalue weighted by atomic mass is 10.2. The number of aliphatic hydroxyl groups is 1. The minimum atomic E-state index is -1.29. The molecule has 0 aromatic carbocycles. The topological polar surface area (TPSA) is 117 Å². The zero-order valence-corrected chi connectivity index (χ0v) is 10.4. The summed E-state index contributed by atoms with van der Waals surface area (Å²) in [5, 5.41) is 28.7. The second kappa shape index (κ2) is 6.64. The third kappa shape index (κ3) is 3.62. The predicted molar refractivity (Wildman–Crippen MR) is 67.4 cm³/mol. The number of hydrogen-bond donors (Lipinski definition) is 2. The van der Waals surface area contributed by atoms with Gasteiger partial charge in [0.15, 0.2) is 0 Å². The van der Waals surface area contributed by atoms with Crippen LogP contribution in [0.4, 0.5) is 11.5 Å². The molecule has 0 saturated carbocycles. The zero-order valence-electron chi connectivity index (χ0n) is 10.4. The van der Waals surface area contributed by atoms with Crippen LogP contribution in [0.15, 0.2) is 12.3 Å². The Labute approximate surface area is 109 Å². The van der Waals surface area contributed by atoms with Gasteiger partial charge in [0, 0.05) is 19.2 Å². The van der Waals surface area contributed by atoms with Crippen molar-refractivity contribution in [3.8, 4) is 0 Å². The molecule has 1 aromatic heterocycles. The molecule has 0 aliphatic heterocycles. The highest BCUT2D eigenvalue weighted by atomic mass is 16.6. The second-order valence-corrected chi connectivity index (χ2v) is 3.84. The van der Waals surface area contributed by atoms with Crippen LogP contribution in [-0.2, 0) is 0 Å². The Morgan fingerprint density at radius 2 is 2.21 bits per heavy atom. The predicted octanol–water partition coefficient (Wildman–Crippen LogP) is 0.897. The number of pyridine rings is 1. The molecule has 1 heterocycles. The number of anilines is 1. The average molecular weight is 269 g/mol. The van der Waals surface area contributed by atoms with Gasteiger partial charge in [-0.3, -0.25) is 10.1 Å². The molecule has 0 unspecified atom stereocenters. The number of carboxylic acids is 1. The molecule has 8 heteroatoms. The van der Waals surface area contributed by atoms with Gasteiger partial charge >= 0.3 is 5.97 Å². The molecule has 0 spiro atoms. The van der Waals surface area contributed by atoms with Crippen molar-refractivity contribution in [2.45, 2.75) is 13.3 Å². The monoisotopic (exact) mass is 269 g/mol. The van der Waals surface area contributed by atoms with Crippen molar-refractivity contribution in [3.63, 3.8) is 0 Å². The number of aromatic carboxylic acids is 1. The van der Waals surface area contributed by atoms with Crippen molar-refractivity contribution in [3.05, 3.63) is 27.9 Å². The largest absolute Gasteiger partial charge is 0.478 e. The first-order chi connectivity index (χ1) is 9.01. The first-order valence-corrected chi connectivity index (χ1v) is 5.74. The van der Waals surface area contributed by atoms with Crippen LogP contribution in [0.5, 0.6) is 0 Å². The third-order valence-corrected chi connectivity index (χ3v) is 2.46. The van der Waals surface area contributed by atoms with Crippen LogP contribution in [0.1, 0.15) is 23.7 Å². The standard InChI is InChI=1S/C11H15N3O5/c1-2-3-13(4-5-15)10-9(11(16)17)6-8(7-12-10)14(18)19/h6-7,15H,2-5H2,1H3,(H,16,17).